The Labute approximate surface area is 104 Å². The van der Waals surface area contributed by atoms with Gasteiger partial charge in [0.1, 0.15) is 11.4 Å². The van der Waals surface area contributed by atoms with E-state index >= 15 is 0 Å². The summed E-state index contributed by atoms with van der Waals surface area (Å²) < 4.78 is 5.22. The number of methoxy groups -OCH3 is 1. The third-order valence-electron chi connectivity index (χ3n) is 2.56. The van der Waals surface area contributed by atoms with Gasteiger partial charge in [0.2, 0.25) is 0 Å². The van der Waals surface area contributed by atoms with E-state index in [0.717, 1.165) is 21.8 Å². The van der Waals surface area contributed by atoms with Gasteiger partial charge in [0.05, 0.1) is 17.5 Å². The fraction of sp³-hybridized carbons (Fsp3) is 0.231. The highest BCUT2D eigenvalue weighted by Gasteiger charge is 2.13. The molecule has 0 aliphatic carbocycles. The molecule has 0 fully saturated rings. The Morgan fingerprint density at radius 3 is 2.76 bits per heavy atom. The number of ketones is 1. The number of hydrogen-bond acceptors (Lipinski definition) is 4. The fourth-order valence-corrected chi connectivity index (χ4v) is 2.56. The van der Waals surface area contributed by atoms with Crippen molar-refractivity contribution >= 4 is 17.1 Å². The zero-order valence-electron chi connectivity index (χ0n) is 9.98. The first kappa shape index (κ1) is 11.8. The van der Waals surface area contributed by atoms with Gasteiger partial charge in [-0.1, -0.05) is 0 Å². The zero-order chi connectivity index (χ0) is 12.4. The van der Waals surface area contributed by atoms with Gasteiger partial charge in [-0.2, -0.15) is 0 Å². The Morgan fingerprint density at radius 1 is 1.41 bits per heavy atom. The second kappa shape index (κ2) is 4.67. The molecule has 0 radical (unpaired) electrons. The van der Waals surface area contributed by atoms with E-state index in [0.29, 0.717) is 5.69 Å². The van der Waals surface area contributed by atoms with E-state index in [9.17, 15) is 4.79 Å². The van der Waals surface area contributed by atoms with Gasteiger partial charge in [-0.3, -0.25) is 4.79 Å². The second-order valence-corrected chi connectivity index (χ2v) is 4.63. The van der Waals surface area contributed by atoms with Crippen molar-refractivity contribution < 1.29 is 9.53 Å². The van der Waals surface area contributed by atoms with Crippen molar-refractivity contribution in [3.63, 3.8) is 0 Å². The fourth-order valence-electron chi connectivity index (χ4n) is 1.72. The standard InChI is InChI=1S/C13H13NO2S/c1-8-6-10(4-5-11(8)16-3)13-12(9(2)15)14-7-17-13/h4-7H,1-3H3. The van der Waals surface area contributed by atoms with Crippen molar-refractivity contribution in [2.45, 2.75) is 13.8 Å². The smallest absolute Gasteiger partial charge is 0.179 e. The summed E-state index contributed by atoms with van der Waals surface area (Å²) in [5.74, 6) is 0.845. The molecule has 1 heterocycles. The number of aromatic nitrogens is 1. The zero-order valence-corrected chi connectivity index (χ0v) is 10.8. The predicted molar refractivity (Wildman–Crippen MR) is 68.8 cm³/mol. The molecule has 0 amide bonds. The number of ether oxygens (including phenoxy) is 1. The molecule has 17 heavy (non-hydrogen) atoms. The highest BCUT2D eigenvalue weighted by molar-refractivity contribution is 7.13. The Balaban J connectivity index is 2.50. The maximum atomic E-state index is 11.4. The number of benzene rings is 1. The first-order valence-electron chi connectivity index (χ1n) is 5.23. The average molecular weight is 247 g/mol. The number of nitrogens with zero attached hydrogens (tertiary/aromatic N) is 1. The number of aryl methyl sites for hydroxylation is 1. The van der Waals surface area contributed by atoms with Crippen LogP contribution in [0, 0.1) is 6.92 Å². The van der Waals surface area contributed by atoms with Crippen molar-refractivity contribution in [2.24, 2.45) is 0 Å². The molecule has 88 valence electrons. The summed E-state index contributed by atoms with van der Waals surface area (Å²) >= 11 is 1.48. The lowest BCUT2D eigenvalue weighted by Gasteiger charge is -2.06. The predicted octanol–water partition coefficient (Wildman–Crippen LogP) is 3.33. The minimum Gasteiger partial charge on any atom is -0.496 e. The van der Waals surface area contributed by atoms with Crippen LogP contribution < -0.4 is 4.74 Å². The van der Waals surface area contributed by atoms with E-state index in [1.807, 2.05) is 25.1 Å². The molecule has 0 spiro atoms. The van der Waals surface area contributed by atoms with Crippen LogP contribution in [-0.4, -0.2) is 17.9 Å². The van der Waals surface area contributed by atoms with E-state index in [2.05, 4.69) is 4.98 Å². The van der Waals surface area contributed by atoms with Gasteiger partial charge in [0.25, 0.3) is 0 Å². The second-order valence-electron chi connectivity index (χ2n) is 3.77. The highest BCUT2D eigenvalue weighted by atomic mass is 32.1. The third kappa shape index (κ3) is 2.22. The Morgan fingerprint density at radius 2 is 2.18 bits per heavy atom. The van der Waals surface area contributed by atoms with Crippen LogP contribution >= 0.6 is 11.3 Å². The number of hydrogen-bond donors (Lipinski definition) is 0. The minimum absolute atomic E-state index is 0.00489. The van der Waals surface area contributed by atoms with E-state index in [4.69, 9.17) is 4.74 Å². The number of rotatable bonds is 3. The molecule has 0 saturated heterocycles. The summed E-state index contributed by atoms with van der Waals surface area (Å²) in [6, 6.07) is 5.87. The molecule has 0 N–H and O–H groups in total. The van der Waals surface area contributed by atoms with Gasteiger partial charge in [-0.25, -0.2) is 4.98 Å². The summed E-state index contributed by atoms with van der Waals surface area (Å²) in [7, 11) is 1.65. The molecule has 1 aromatic heterocycles. The first-order valence-corrected chi connectivity index (χ1v) is 6.11. The van der Waals surface area contributed by atoms with Gasteiger partial charge in [0, 0.05) is 6.92 Å². The van der Waals surface area contributed by atoms with Gasteiger partial charge in [0.15, 0.2) is 5.78 Å². The topological polar surface area (TPSA) is 39.2 Å². The number of carbonyl (C=O) groups excluding carboxylic acids is 1. The molecule has 0 aliphatic rings. The summed E-state index contributed by atoms with van der Waals surface area (Å²) in [4.78, 5) is 16.4. The van der Waals surface area contributed by atoms with Crippen LogP contribution in [0.1, 0.15) is 23.0 Å². The van der Waals surface area contributed by atoms with Crippen molar-refractivity contribution in [3.05, 3.63) is 35.0 Å². The Bertz CT molecular complexity index is 560. The van der Waals surface area contributed by atoms with E-state index in [-0.39, 0.29) is 5.78 Å². The molecule has 0 bridgehead atoms. The molecule has 0 saturated carbocycles. The maximum Gasteiger partial charge on any atom is 0.179 e. The van der Waals surface area contributed by atoms with Gasteiger partial charge in [-0.05, 0) is 36.2 Å². The molecule has 2 aromatic rings. The Kier molecular flexibility index (Phi) is 3.24. The molecule has 2 rings (SSSR count). The van der Waals surface area contributed by atoms with Gasteiger partial charge < -0.3 is 4.74 Å². The summed E-state index contributed by atoms with van der Waals surface area (Å²) in [5, 5.41) is 0. The molecule has 0 aliphatic heterocycles. The van der Waals surface area contributed by atoms with E-state index < -0.39 is 0 Å². The normalized spacial score (nSPS) is 10.3. The van der Waals surface area contributed by atoms with Crippen LogP contribution in [0.25, 0.3) is 10.4 Å². The lowest BCUT2D eigenvalue weighted by molar-refractivity contribution is 0.101. The van der Waals surface area contributed by atoms with E-state index in [1.54, 1.807) is 12.6 Å². The van der Waals surface area contributed by atoms with Crippen molar-refractivity contribution in [3.8, 4) is 16.2 Å². The van der Waals surface area contributed by atoms with Gasteiger partial charge >= 0.3 is 0 Å². The molecule has 3 nitrogen and oxygen atoms in total. The monoisotopic (exact) mass is 247 g/mol. The summed E-state index contributed by atoms with van der Waals surface area (Å²) in [6.07, 6.45) is 0. The molecular weight excluding hydrogens is 234 g/mol. The Hall–Kier alpha value is -1.68. The van der Waals surface area contributed by atoms with Crippen LogP contribution in [0.3, 0.4) is 0 Å². The first-order chi connectivity index (χ1) is 8.13. The summed E-state index contributed by atoms with van der Waals surface area (Å²) in [6.45, 7) is 3.52. The number of thiazole rings is 1. The van der Waals surface area contributed by atoms with Crippen LogP contribution in [0.2, 0.25) is 0 Å². The number of carbonyl (C=O) groups is 1. The minimum atomic E-state index is -0.00489. The molecule has 1 aromatic carbocycles. The number of Topliss-reactive ketones (excluding diaryl/α,β-unsaturated/α-hetero) is 1. The van der Waals surface area contributed by atoms with Crippen molar-refractivity contribution in [1.29, 1.82) is 0 Å². The van der Waals surface area contributed by atoms with Crippen LogP contribution in [0.15, 0.2) is 23.7 Å². The molecule has 4 heteroatoms. The van der Waals surface area contributed by atoms with Crippen LogP contribution in [0.5, 0.6) is 5.75 Å². The SMILES string of the molecule is COc1ccc(-c2scnc2C(C)=O)cc1C. The van der Waals surface area contributed by atoms with Gasteiger partial charge in [-0.15, -0.1) is 11.3 Å². The highest BCUT2D eigenvalue weighted by Crippen LogP contribution is 2.31. The van der Waals surface area contributed by atoms with Crippen LogP contribution in [0.4, 0.5) is 0 Å². The molecule has 0 atom stereocenters. The molecular formula is C13H13NO2S. The maximum absolute atomic E-state index is 11.4. The average Bonchev–Trinajstić information content (AvgIpc) is 2.77. The lowest BCUT2D eigenvalue weighted by Crippen LogP contribution is -1.95. The summed E-state index contributed by atoms with van der Waals surface area (Å²) in [5.41, 5.74) is 4.30. The quantitative estimate of drug-likeness (QED) is 0.781. The third-order valence-corrected chi connectivity index (χ3v) is 3.43. The van der Waals surface area contributed by atoms with Crippen LogP contribution in [-0.2, 0) is 0 Å². The van der Waals surface area contributed by atoms with Crippen molar-refractivity contribution in [1.82, 2.24) is 4.98 Å². The largest absolute Gasteiger partial charge is 0.496 e. The molecule has 0 unspecified atom stereocenters. The lowest BCUT2D eigenvalue weighted by atomic mass is 10.1. The van der Waals surface area contributed by atoms with E-state index in [1.165, 1.54) is 18.3 Å². The van der Waals surface area contributed by atoms with Crippen molar-refractivity contribution in [2.75, 3.05) is 7.11 Å².